The van der Waals surface area contributed by atoms with E-state index < -0.39 is 4.92 Å². The first kappa shape index (κ1) is 13.7. The molecule has 0 aliphatic rings. The molecule has 0 amide bonds. The number of fused-ring (bicyclic) bond motifs is 1. The average Bonchev–Trinajstić information content (AvgIpc) is 2.96. The summed E-state index contributed by atoms with van der Waals surface area (Å²) in [5.74, 6) is 0.940. The molecule has 0 aliphatic carbocycles. The molecule has 0 saturated heterocycles. The predicted molar refractivity (Wildman–Crippen MR) is 76.2 cm³/mol. The van der Waals surface area contributed by atoms with Crippen molar-refractivity contribution in [1.29, 1.82) is 0 Å². The first-order valence-corrected chi connectivity index (χ1v) is 6.24. The number of rotatable bonds is 4. The molecule has 112 valence electrons. The standard InChI is InChI=1S/C12H11N7O3/c1-7-10(19(20)21)11(14-12-15-16-17-18(7)12)13-8-3-5-9(22-2)6-4-8/h3-6H,1-2H3,(H,13,14,15,17). The highest BCUT2D eigenvalue weighted by molar-refractivity contribution is 5.69. The van der Waals surface area contributed by atoms with Gasteiger partial charge in [-0.25, -0.2) is 0 Å². The van der Waals surface area contributed by atoms with Crippen LogP contribution in [0.2, 0.25) is 0 Å². The SMILES string of the molecule is COc1ccc(Nc2nc3nnnn3c(C)c2[N+](=O)[O-])cc1. The normalized spacial score (nSPS) is 10.6. The molecule has 0 atom stereocenters. The minimum atomic E-state index is -0.519. The van der Waals surface area contributed by atoms with Gasteiger partial charge in [-0.1, -0.05) is 5.10 Å². The summed E-state index contributed by atoms with van der Waals surface area (Å²) in [7, 11) is 1.56. The second-order valence-corrected chi connectivity index (χ2v) is 4.40. The number of hydrogen-bond donors (Lipinski definition) is 1. The summed E-state index contributed by atoms with van der Waals surface area (Å²) in [6.45, 7) is 1.56. The van der Waals surface area contributed by atoms with E-state index >= 15 is 0 Å². The Morgan fingerprint density at radius 3 is 2.68 bits per heavy atom. The fraction of sp³-hybridized carbons (Fsp3) is 0.167. The lowest BCUT2D eigenvalue weighted by Crippen LogP contribution is -2.07. The smallest absolute Gasteiger partial charge is 0.332 e. The van der Waals surface area contributed by atoms with Crippen LogP contribution in [-0.4, -0.2) is 37.1 Å². The first-order valence-electron chi connectivity index (χ1n) is 6.24. The Kier molecular flexibility index (Phi) is 3.26. The summed E-state index contributed by atoms with van der Waals surface area (Å²) in [6, 6.07) is 6.92. The van der Waals surface area contributed by atoms with Gasteiger partial charge in [-0.15, -0.1) is 0 Å². The highest BCUT2D eigenvalue weighted by atomic mass is 16.6. The Morgan fingerprint density at radius 1 is 1.32 bits per heavy atom. The van der Waals surface area contributed by atoms with Crippen LogP contribution in [0.4, 0.5) is 17.2 Å². The third kappa shape index (κ3) is 2.26. The third-order valence-corrected chi connectivity index (χ3v) is 3.08. The number of anilines is 2. The number of nitrogens with one attached hydrogen (secondary N) is 1. The highest BCUT2D eigenvalue weighted by Crippen LogP contribution is 2.29. The minimum absolute atomic E-state index is 0.0787. The summed E-state index contributed by atoms with van der Waals surface area (Å²) in [6.07, 6.45) is 0. The average molecular weight is 301 g/mol. The highest BCUT2D eigenvalue weighted by Gasteiger charge is 2.24. The van der Waals surface area contributed by atoms with E-state index in [9.17, 15) is 10.1 Å². The summed E-state index contributed by atoms with van der Waals surface area (Å²) in [5.41, 5.74) is 0.735. The molecule has 1 N–H and O–H groups in total. The number of benzene rings is 1. The van der Waals surface area contributed by atoms with Crippen molar-refractivity contribution in [3.63, 3.8) is 0 Å². The van der Waals surface area contributed by atoms with Gasteiger partial charge >= 0.3 is 5.69 Å². The van der Waals surface area contributed by atoms with E-state index in [2.05, 4.69) is 25.8 Å². The molecule has 0 saturated carbocycles. The molecular formula is C12H11N7O3. The van der Waals surface area contributed by atoms with Crippen LogP contribution in [0.3, 0.4) is 0 Å². The molecular weight excluding hydrogens is 290 g/mol. The summed E-state index contributed by atoms with van der Waals surface area (Å²) < 4.78 is 6.29. The van der Waals surface area contributed by atoms with Gasteiger partial charge in [0.2, 0.25) is 5.82 Å². The Morgan fingerprint density at radius 2 is 2.05 bits per heavy atom. The minimum Gasteiger partial charge on any atom is -0.497 e. The first-order chi connectivity index (χ1) is 10.6. The zero-order chi connectivity index (χ0) is 15.7. The zero-order valence-corrected chi connectivity index (χ0v) is 11.7. The number of methoxy groups -OCH3 is 1. The lowest BCUT2D eigenvalue weighted by Gasteiger charge is -2.08. The van der Waals surface area contributed by atoms with E-state index in [1.807, 2.05) is 0 Å². The zero-order valence-electron chi connectivity index (χ0n) is 11.7. The van der Waals surface area contributed by atoms with E-state index in [0.717, 1.165) is 0 Å². The van der Waals surface area contributed by atoms with Crippen molar-refractivity contribution in [1.82, 2.24) is 25.0 Å². The van der Waals surface area contributed by atoms with Gasteiger partial charge in [0.15, 0.2) is 0 Å². The van der Waals surface area contributed by atoms with Crippen LogP contribution in [0.1, 0.15) is 5.69 Å². The van der Waals surface area contributed by atoms with Crippen molar-refractivity contribution in [2.24, 2.45) is 0 Å². The van der Waals surface area contributed by atoms with Crippen LogP contribution >= 0.6 is 0 Å². The number of hydrogen-bond acceptors (Lipinski definition) is 8. The molecule has 22 heavy (non-hydrogen) atoms. The molecule has 2 aromatic heterocycles. The number of tetrazole rings is 1. The maximum Gasteiger partial charge on any atom is 0.332 e. The monoisotopic (exact) mass is 301 g/mol. The van der Waals surface area contributed by atoms with Gasteiger partial charge in [0.1, 0.15) is 11.4 Å². The van der Waals surface area contributed by atoms with Crippen molar-refractivity contribution in [3.05, 3.63) is 40.1 Å². The lowest BCUT2D eigenvalue weighted by molar-refractivity contribution is -0.385. The topological polar surface area (TPSA) is 120 Å². The van der Waals surface area contributed by atoms with Crippen LogP contribution in [0.5, 0.6) is 5.75 Å². The van der Waals surface area contributed by atoms with Crippen LogP contribution in [0.25, 0.3) is 5.78 Å². The number of nitrogens with zero attached hydrogens (tertiary/aromatic N) is 6. The number of nitro groups is 1. The number of aryl methyl sites for hydroxylation is 1. The third-order valence-electron chi connectivity index (χ3n) is 3.08. The molecule has 0 unspecified atom stereocenters. The molecule has 1 aromatic carbocycles. The molecule has 3 aromatic rings. The molecule has 0 spiro atoms. The summed E-state index contributed by atoms with van der Waals surface area (Å²) >= 11 is 0. The Hall–Kier alpha value is -3.30. The van der Waals surface area contributed by atoms with Crippen LogP contribution in [0, 0.1) is 17.0 Å². The second kappa shape index (κ2) is 5.24. The number of aromatic nitrogens is 5. The molecule has 10 nitrogen and oxygen atoms in total. The van der Waals surface area contributed by atoms with Crippen LogP contribution < -0.4 is 10.1 Å². The van der Waals surface area contributed by atoms with Crippen molar-refractivity contribution in [2.45, 2.75) is 6.92 Å². The Balaban J connectivity index is 2.08. The van der Waals surface area contributed by atoms with Crippen molar-refractivity contribution >= 4 is 23.0 Å². The Labute approximate surface area is 123 Å². The molecule has 0 aliphatic heterocycles. The Bertz CT molecular complexity index is 844. The van der Waals surface area contributed by atoms with E-state index in [1.54, 1.807) is 38.3 Å². The molecule has 3 rings (SSSR count). The molecule has 10 heteroatoms. The molecule has 0 bridgehead atoms. The van der Waals surface area contributed by atoms with Gasteiger partial charge < -0.3 is 10.1 Å². The van der Waals surface area contributed by atoms with Crippen molar-refractivity contribution < 1.29 is 9.66 Å². The van der Waals surface area contributed by atoms with Gasteiger partial charge in [-0.2, -0.15) is 9.50 Å². The van der Waals surface area contributed by atoms with E-state index in [0.29, 0.717) is 11.4 Å². The maximum absolute atomic E-state index is 11.3. The largest absolute Gasteiger partial charge is 0.497 e. The van der Waals surface area contributed by atoms with Gasteiger partial charge in [-0.05, 0) is 41.6 Å². The second-order valence-electron chi connectivity index (χ2n) is 4.40. The van der Waals surface area contributed by atoms with Crippen LogP contribution in [0.15, 0.2) is 24.3 Å². The molecule has 0 fully saturated rings. The summed E-state index contributed by atoms with van der Waals surface area (Å²) in [4.78, 5) is 14.9. The quantitative estimate of drug-likeness (QED) is 0.568. The van der Waals surface area contributed by atoms with E-state index in [1.165, 1.54) is 4.52 Å². The lowest BCUT2D eigenvalue weighted by atomic mass is 10.3. The summed E-state index contributed by atoms with van der Waals surface area (Å²) in [5, 5.41) is 25.1. The van der Waals surface area contributed by atoms with Crippen molar-refractivity contribution in [3.8, 4) is 5.75 Å². The van der Waals surface area contributed by atoms with E-state index in [4.69, 9.17) is 4.74 Å². The molecule has 0 radical (unpaired) electrons. The predicted octanol–water partition coefficient (Wildman–Crippen LogP) is 1.49. The van der Waals surface area contributed by atoms with Crippen LogP contribution in [-0.2, 0) is 0 Å². The van der Waals surface area contributed by atoms with Gasteiger partial charge in [0.25, 0.3) is 5.78 Å². The fourth-order valence-electron chi connectivity index (χ4n) is 2.01. The fourth-order valence-corrected chi connectivity index (χ4v) is 2.01. The van der Waals surface area contributed by atoms with Gasteiger partial charge in [0.05, 0.1) is 12.0 Å². The number of ether oxygens (including phenoxy) is 1. The molecule has 2 heterocycles. The van der Waals surface area contributed by atoms with Gasteiger partial charge in [0, 0.05) is 5.69 Å². The maximum atomic E-state index is 11.3. The van der Waals surface area contributed by atoms with Gasteiger partial charge in [-0.3, -0.25) is 10.1 Å². The van der Waals surface area contributed by atoms with Crippen molar-refractivity contribution in [2.75, 3.05) is 12.4 Å². The van der Waals surface area contributed by atoms with E-state index in [-0.39, 0.29) is 23.0 Å².